The van der Waals surface area contributed by atoms with Crippen molar-refractivity contribution in [2.45, 2.75) is 67.3 Å². The molecule has 1 aliphatic carbocycles. The minimum Gasteiger partial charge on any atom is -0.316 e. The second-order valence-corrected chi connectivity index (χ2v) is 12.3. The van der Waals surface area contributed by atoms with Crippen molar-refractivity contribution in [1.82, 2.24) is 13.9 Å². The Morgan fingerprint density at radius 3 is 2.50 bits per heavy atom. The van der Waals surface area contributed by atoms with E-state index in [4.69, 9.17) is 4.98 Å². The molecule has 3 aromatic rings. The van der Waals surface area contributed by atoms with Crippen LogP contribution in [-0.4, -0.2) is 35.4 Å². The smallest absolute Gasteiger partial charge is 0.243 e. The first-order valence-electron chi connectivity index (χ1n) is 11.9. The average molecular weight is 506 g/mol. The molecule has 182 valence electrons. The number of aromatic nitrogens is 2. The molecular weight excluding hydrogens is 476 g/mol. The Morgan fingerprint density at radius 2 is 1.79 bits per heavy atom. The van der Waals surface area contributed by atoms with Crippen LogP contribution in [0.1, 0.15) is 57.1 Å². The van der Waals surface area contributed by atoms with Gasteiger partial charge in [-0.3, -0.25) is 0 Å². The van der Waals surface area contributed by atoms with Crippen LogP contribution < -0.4 is 0 Å². The van der Waals surface area contributed by atoms with Crippen LogP contribution in [0.15, 0.2) is 46.5 Å². The lowest BCUT2D eigenvalue weighted by molar-refractivity contribution is 0.281. The minimum absolute atomic E-state index is 0.0278. The summed E-state index contributed by atoms with van der Waals surface area (Å²) in [6, 6.07) is 9.31. The Balaban J connectivity index is 1.51. The first kappa shape index (κ1) is 23.8. The van der Waals surface area contributed by atoms with E-state index in [-0.39, 0.29) is 22.3 Å². The van der Waals surface area contributed by atoms with E-state index in [2.05, 4.69) is 11.5 Å². The summed E-state index contributed by atoms with van der Waals surface area (Å²) >= 11 is 1.29. The van der Waals surface area contributed by atoms with Crippen molar-refractivity contribution in [3.63, 3.8) is 0 Å². The molecule has 1 unspecified atom stereocenters. The lowest BCUT2D eigenvalue weighted by Gasteiger charge is -2.30. The van der Waals surface area contributed by atoms with Crippen LogP contribution in [0.25, 0.3) is 11.0 Å². The van der Waals surface area contributed by atoms with E-state index in [1.165, 1.54) is 30.0 Å². The Labute approximate surface area is 203 Å². The highest BCUT2D eigenvalue weighted by molar-refractivity contribution is 7.98. The summed E-state index contributed by atoms with van der Waals surface area (Å²) < 4.78 is 58.7. The Bertz CT molecular complexity index is 1280. The number of fused-ring (bicyclic) bond motifs is 1. The molecule has 0 bridgehead atoms. The van der Waals surface area contributed by atoms with Gasteiger partial charge in [-0.15, -0.1) is 0 Å². The lowest BCUT2D eigenvalue weighted by atomic mass is 10.0. The highest BCUT2D eigenvalue weighted by Gasteiger charge is 2.30. The SMILES string of the molecule is CC1CCCN(S(=O)(=O)c2ccc3c(c2)nc(SCc2c(F)cccc2F)n3C2CCCC2)C1. The molecule has 1 atom stereocenters. The topological polar surface area (TPSA) is 55.2 Å². The number of imidazole rings is 1. The highest BCUT2D eigenvalue weighted by atomic mass is 32.2. The Hall–Kier alpha value is -1.97. The molecule has 1 aliphatic heterocycles. The fraction of sp³-hybridized carbons (Fsp3) is 0.480. The maximum absolute atomic E-state index is 14.2. The third-order valence-electron chi connectivity index (χ3n) is 6.98. The molecule has 1 saturated heterocycles. The zero-order valence-electron chi connectivity index (χ0n) is 19.2. The molecule has 2 aliphatic rings. The monoisotopic (exact) mass is 505 g/mol. The number of hydrogen-bond acceptors (Lipinski definition) is 4. The number of rotatable bonds is 6. The van der Waals surface area contributed by atoms with Gasteiger partial charge in [0.2, 0.25) is 10.0 Å². The number of benzene rings is 2. The number of hydrogen-bond donors (Lipinski definition) is 0. The van der Waals surface area contributed by atoms with Gasteiger partial charge >= 0.3 is 0 Å². The fourth-order valence-corrected chi connectivity index (χ4v) is 7.87. The third-order valence-corrected chi connectivity index (χ3v) is 9.82. The van der Waals surface area contributed by atoms with Gasteiger partial charge in [0.25, 0.3) is 0 Å². The average Bonchev–Trinajstić information content (AvgIpc) is 3.45. The van der Waals surface area contributed by atoms with E-state index in [0.29, 0.717) is 29.7 Å². The second-order valence-electron chi connectivity index (χ2n) is 9.45. The molecule has 1 saturated carbocycles. The predicted octanol–water partition coefficient (Wildman–Crippen LogP) is 6.14. The molecule has 1 aromatic heterocycles. The van der Waals surface area contributed by atoms with E-state index in [9.17, 15) is 17.2 Å². The van der Waals surface area contributed by atoms with E-state index in [0.717, 1.165) is 44.0 Å². The van der Waals surface area contributed by atoms with Gasteiger partial charge in [-0.1, -0.05) is 37.6 Å². The summed E-state index contributed by atoms with van der Waals surface area (Å²) in [4.78, 5) is 5.02. The van der Waals surface area contributed by atoms with Gasteiger partial charge in [0.1, 0.15) is 11.6 Å². The highest BCUT2D eigenvalue weighted by Crippen LogP contribution is 2.38. The summed E-state index contributed by atoms with van der Waals surface area (Å²) in [6.45, 7) is 3.15. The van der Waals surface area contributed by atoms with E-state index < -0.39 is 21.7 Å². The van der Waals surface area contributed by atoms with Crippen LogP contribution >= 0.6 is 11.8 Å². The zero-order chi connectivity index (χ0) is 23.9. The van der Waals surface area contributed by atoms with Crippen molar-refractivity contribution in [1.29, 1.82) is 0 Å². The number of nitrogens with zero attached hydrogens (tertiary/aromatic N) is 3. The minimum atomic E-state index is -3.60. The molecule has 0 amide bonds. The van der Waals surface area contributed by atoms with Crippen molar-refractivity contribution in [2.75, 3.05) is 13.1 Å². The van der Waals surface area contributed by atoms with Gasteiger partial charge in [0.15, 0.2) is 5.16 Å². The maximum atomic E-state index is 14.2. The first-order chi connectivity index (χ1) is 16.3. The van der Waals surface area contributed by atoms with E-state index >= 15 is 0 Å². The van der Waals surface area contributed by atoms with Gasteiger partial charge in [-0.05, 0) is 61.9 Å². The molecule has 2 aromatic carbocycles. The first-order valence-corrected chi connectivity index (χ1v) is 14.3. The second kappa shape index (κ2) is 9.59. The van der Waals surface area contributed by atoms with E-state index in [1.54, 1.807) is 16.4 Å². The molecule has 2 fully saturated rings. The van der Waals surface area contributed by atoms with Gasteiger partial charge < -0.3 is 4.57 Å². The van der Waals surface area contributed by atoms with E-state index in [1.807, 2.05) is 6.07 Å². The molecule has 5 rings (SSSR count). The van der Waals surface area contributed by atoms with Gasteiger partial charge in [-0.2, -0.15) is 4.31 Å². The van der Waals surface area contributed by atoms with Crippen molar-refractivity contribution in [2.24, 2.45) is 5.92 Å². The number of thioether (sulfide) groups is 1. The van der Waals surface area contributed by atoms with Gasteiger partial charge in [0, 0.05) is 30.4 Å². The summed E-state index contributed by atoms with van der Waals surface area (Å²) in [5, 5.41) is 0.672. The standard InChI is InChI=1S/C25H29F2N3O2S2/c1-17-6-5-13-29(15-17)34(31,32)19-11-12-24-23(14-19)28-25(30(24)18-7-2-3-8-18)33-16-20-21(26)9-4-10-22(20)27/h4,9-12,14,17-18H,2-3,5-8,13,15-16H2,1H3. The molecule has 0 N–H and O–H groups in total. The van der Waals surface area contributed by atoms with Crippen molar-refractivity contribution in [3.8, 4) is 0 Å². The fourth-order valence-electron chi connectivity index (χ4n) is 5.15. The van der Waals surface area contributed by atoms with Crippen molar-refractivity contribution < 1.29 is 17.2 Å². The molecule has 9 heteroatoms. The zero-order valence-corrected chi connectivity index (χ0v) is 20.8. The summed E-state index contributed by atoms with van der Waals surface area (Å²) in [6.07, 6.45) is 6.18. The molecule has 5 nitrogen and oxygen atoms in total. The largest absolute Gasteiger partial charge is 0.316 e. The molecular formula is C25H29F2N3O2S2. The molecule has 34 heavy (non-hydrogen) atoms. The van der Waals surface area contributed by atoms with Crippen molar-refractivity contribution in [3.05, 3.63) is 53.6 Å². The summed E-state index contributed by atoms with van der Waals surface area (Å²) in [5.41, 5.74) is 1.50. The molecule has 2 heterocycles. The quantitative estimate of drug-likeness (QED) is 0.378. The van der Waals surface area contributed by atoms with Gasteiger partial charge in [0.05, 0.1) is 15.9 Å². The van der Waals surface area contributed by atoms with Crippen LogP contribution in [0, 0.1) is 17.6 Å². The van der Waals surface area contributed by atoms with Crippen LogP contribution in [0.2, 0.25) is 0 Å². The lowest BCUT2D eigenvalue weighted by Crippen LogP contribution is -2.39. The molecule has 0 spiro atoms. The maximum Gasteiger partial charge on any atom is 0.243 e. The van der Waals surface area contributed by atoms with Crippen molar-refractivity contribution >= 4 is 32.8 Å². The van der Waals surface area contributed by atoms with Crippen LogP contribution in [-0.2, 0) is 15.8 Å². The Morgan fingerprint density at radius 1 is 1.06 bits per heavy atom. The predicted molar refractivity (Wildman–Crippen MR) is 130 cm³/mol. The number of sulfonamides is 1. The number of piperidine rings is 1. The third kappa shape index (κ3) is 4.50. The van der Waals surface area contributed by atoms with Crippen LogP contribution in [0.5, 0.6) is 0 Å². The normalized spacial score (nSPS) is 20.4. The summed E-state index contributed by atoms with van der Waals surface area (Å²) in [7, 11) is -3.60. The van der Waals surface area contributed by atoms with Gasteiger partial charge in [-0.25, -0.2) is 22.2 Å². The van der Waals surface area contributed by atoms with Crippen LogP contribution in [0.3, 0.4) is 0 Å². The summed E-state index contributed by atoms with van der Waals surface area (Å²) in [5.74, 6) is -0.679. The molecule has 0 radical (unpaired) electrons. The Kier molecular flexibility index (Phi) is 6.70. The van der Waals surface area contributed by atoms with Crippen LogP contribution in [0.4, 0.5) is 8.78 Å². The number of halogens is 2.